The lowest BCUT2D eigenvalue weighted by Gasteiger charge is -2.36. The lowest BCUT2D eigenvalue weighted by molar-refractivity contribution is -0.274. The third-order valence-electron chi connectivity index (χ3n) is 9.54. The second-order valence-corrected chi connectivity index (χ2v) is 24.1. The number of benzene rings is 1. The van der Waals surface area contributed by atoms with Crippen molar-refractivity contribution in [3.05, 3.63) is 29.3 Å². The topological polar surface area (TPSA) is 63.2 Å². The van der Waals surface area contributed by atoms with Gasteiger partial charge in [0.1, 0.15) is 13.2 Å². The molecule has 248 valence electrons. The number of esters is 1. The number of halogens is 5. The van der Waals surface area contributed by atoms with Crippen molar-refractivity contribution in [2.45, 2.75) is 115 Å². The van der Waals surface area contributed by atoms with Gasteiger partial charge < -0.3 is 23.1 Å². The Morgan fingerprint density at radius 1 is 0.884 bits per heavy atom. The van der Waals surface area contributed by atoms with Gasteiger partial charge in [0.05, 0.1) is 13.2 Å². The largest absolute Gasteiger partial charge is 0.488 e. The van der Waals surface area contributed by atoms with Gasteiger partial charge in [0, 0.05) is 17.4 Å². The number of carbonyl (C=O) groups excluding carboxylic acids is 1. The molecule has 0 N–H and O–H groups in total. The molecule has 2 rings (SSSR count). The zero-order chi connectivity index (χ0) is 33.4. The molecule has 0 aromatic heterocycles. The van der Waals surface area contributed by atoms with Crippen LogP contribution in [0.2, 0.25) is 36.3 Å². The molecule has 1 saturated heterocycles. The molecule has 1 fully saturated rings. The molecular formula is C30H49F5O6Si2. The fourth-order valence-electron chi connectivity index (χ4n) is 4.35. The van der Waals surface area contributed by atoms with Crippen molar-refractivity contribution in [2.75, 3.05) is 26.4 Å². The summed E-state index contributed by atoms with van der Waals surface area (Å²) in [6.07, 6.45) is -6.63. The summed E-state index contributed by atoms with van der Waals surface area (Å²) in [6, 6.07) is 1.94. The molecule has 0 saturated carbocycles. The third kappa shape index (κ3) is 8.19. The smallest absolute Gasteiger partial charge is 0.417 e. The lowest BCUT2D eigenvalue weighted by Crippen LogP contribution is -2.47. The molecule has 6 nitrogen and oxygen atoms in total. The van der Waals surface area contributed by atoms with Gasteiger partial charge in [-0.1, -0.05) is 54.5 Å². The van der Waals surface area contributed by atoms with Crippen LogP contribution in [0.1, 0.15) is 66.9 Å². The summed E-state index contributed by atoms with van der Waals surface area (Å²) in [5.41, 5.74) is -2.89. The van der Waals surface area contributed by atoms with Crippen LogP contribution >= 0.6 is 0 Å². The first-order valence-electron chi connectivity index (χ1n) is 14.6. The summed E-state index contributed by atoms with van der Waals surface area (Å²) in [4.78, 5) is 13.3. The Kier molecular flexibility index (Phi) is 11.4. The van der Waals surface area contributed by atoms with Crippen molar-refractivity contribution in [1.29, 1.82) is 0 Å². The van der Waals surface area contributed by atoms with E-state index in [0.717, 1.165) is 19.1 Å². The van der Waals surface area contributed by atoms with Crippen molar-refractivity contribution >= 4 is 22.6 Å². The van der Waals surface area contributed by atoms with Crippen molar-refractivity contribution in [3.63, 3.8) is 0 Å². The van der Waals surface area contributed by atoms with E-state index in [1.165, 1.54) is 6.92 Å². The Labute approximate surface area is 255 Å². The normalized spacial score (nSPS) is 23.9. The number of hydrogen-bond donors (Lipinski definition) is 0. The Morgan fingerprint density at radius 3 is 1.84 bits per heavy atom. The molecule has 1 aromatic rings. The Bertz CT molecular complexity index is 1130. The van der Waals surface area contributed by atoms with Gasteiger partial charge in [-0.25, -0.2) is 9.18 Å². The zero-order valence-corrected chi connectivity index (χ0v) is 29.6. The second kappa shape index (κ2) is 13.1. The molecular weight excluding hydrogens is 607 g/mol. The molecule has 0 spiro atoms. The van der Waals surface area contributed by atoms with Gasteiger partial charge in [-0.05, 0) is 49.3 Å². The monoisotopic (exact) mass is 656 g/mol. The van der Waals surface area contributed by atoms with Crippen LogP contribution in [-0.2, 0) is 23.1 Å². The van der Waals surface area contributed by atoms with Gasteiger partial charge in [-0.15, -0.1) is 0 Å². The molecule has 1 aromatic carbocycles. The van der Waals surface area contributed by atoms with Gasteiger partial charge in [-0.2, -0.15) is 17.6 Å². The standard InChI is InChI=1S/C30H49F5O6Si2/c1-19-22(20-13-14-21(31)23(32)24(20)37-15-17-39-42(9,10)27(2,3)4)25(41-29(19,8)30(33,34)35)26(36)38-16-18-40-43(11,12)28(5,6)7/h13-14,19,22,25H,15-18H2,1-12H3/t19-,22-,25-,29+/m0/s1. The van der Waals surface area contributed by atoms with Gasteiger partial charge in [-0.3, -0.25) is 0 Å². The maximum absolute atomic E-state index is 15.2. The van der Waals surface area contributed by atoms with Crippen LogP contribution in [0.15, 0.2) is 12.1 Å². The van der Waals surface area contributed by atoms with E-state index < -0.39 is 69.7 Å². The fourth-order valence-corrected chi connectivity index (χ4v) is 6.41. The van der Waals surface area contributed by atoms with Crippen molar-refractivity contribution in [3.8, 4) is 5.75 Å². The minimum Gasteiger partial charge on any atom is -0.488 e. The Balaban J connectivity index is 2.37. The van der Waals surface area contributed by atoms with E-state index in [1.807, 2.05) is 67.7 Å². The van der Waals surface area contributed by atoms with Crippen LogP contribution in [0.4, 0.5) is 22.0 Å². The van der Waals surface area contributed by atoms with Gasteiger partial charge >= 0.3 is 12.1 Å². The molecule has 43 heavy (non-hydrogen) atoms. The zero-order valence-electron chi connectivity index (χ0n) is 27.6. The van der Waals surface area contributed by atoms with Crippen LogP contribution in [0.25, 0.3) is 0 Å². The predicted octanol–water partition coefficient (Wildman–Crippen LogP) is 8.37. The molecule has 0 radical (unpaired) electrons. The number of hydrogen-bond acceptors (Lipinski definition) is 6. The molecule has 0 amide bonds. The first kappa shape index (κ1) is 37.6. The average Bonchev–Trinajstić information content (AvgIpc) is 3.12. The highest BCUT2D eigenvalue weighted by Crippen LogP contribution is 2.55. The highest BCUT2D eigenvalue weighted by atomic mass is 28.4. The molecule has 13 heteroatoms. The molecule has 1 heterocycles. The Hall–Kier alpha value is -1.55. The summed E-state index contributed by atoms with van der Waals surface area (Å²) in [7, 11) is -4.35. The first-order chi connectivity index (χ1) is 19.3. The van der Waals surface area contributed by atoms with E-state index >= 15 is 4.39 Å². The number of alkyl halides is 3. The summed E-state index contributed by atoms with van der Waals surface area (Å²) in [6.45, 7) is 22.2. The van der Waals surface area contributed by atoms with Gasteiger partial charge in [0.2, 0.25) is 5.82 Å². The summed E-state index contributed by atoms with van der Waals surface area (Å²) in [5, 5.41) is -0.205. The number of ether oxygens (including phenoxy) is 3. The third-order valence-corrected chi connectivity index (χ3v) is 18.6. The molecule has 0 aliphatic carbocycles. The van der Waals surface area contributed by atoms with E-state index in [4.69, 9.17) is 23.1 Å². The van der Waals surface area contributed by atoms with Crippen molar-refractivity contribution in [1.82, 2.24) is 0 Å². The van der Waals surface area contributed by atoms with Gasteiger partial charge in [0.25, 0.3) is 0 Å². The SMILES string of the molecule is C[C@H]1[C@@H](c2ccc(F)c(F)c2OCCO[Si](C)(C)C(C)(C)C)[C@@H](C(=O)OCCO[Si](C)(C)C(C)(C)C)O[C@@]1(C)C(F)(F)F. The molecule has 4 atom stereocenters. The second-order valence-electron chi connectivity index (χ2n) is 14.5. The van der Waals surface area contributed by atoms with Gasteiger partial charge in [0.15, 0.2) is 39.9 Å². The summed E-state index contributed by atoms with van der Waals surface area (Å²) < 4.78 is 101. The molecule has 0 bridgehead atoms. The highest BCUT2D eigenvalue weighted by Gasteiger charge is 2.66. The fraction of sp³-hybridized carbons (Fsp3) is 0.767. The van der Waals surface area contributed by atoms with Crippen LogP contribution < -0.4 is 4.74 Å². The van der Waals surface area contributed by atoms with Crippen LogP contribution in [0.5, 0.6) is 5.75 Å². The van der Waals surface area contributed by atoms with Crippen LogP contribution in [0.3, 0.4) is 0 Å². The average molecular weight is 657 g/mol. The molecule has 1 aliphatic rings. The minimum atomic E-state index is -4.87. The van der Waals surface area contributed by atoms with Crippen LogP contribution in [0, 0.1) is 17.6 Å². The van der Waals surface area contributed by atoms with Crippen molar-refractivity contribution in [2.24, 2.45) is 5.92 Å². The highest BCUT2D eigenvalue weighted by molar-refractivity contribution is 6.74. The molecule has 1 aliphatic heterocycles. The van der Waals surface area contributed by atoms with Crippen LogP contribution in [-0.4, -0.2) is 66.9 Å². The van der Waals surface area contributed by atoms with E-state index in [0.29, 0.717) is 0 Å². The molecule has 0 unspecified atom stereocenters. The van der Waals surface area contributed by atoms with E-state index in [2.05, 4.69) is 0 Å². The predicted molar refractivity (Wildman–Crippen MR) is 160 cm³/mol. The maximum atomic E-state index is 15.2. The van der Waals surface area contributed by atoms with E-state index in [1.54, 1.807) is 0 Å². The van der Waals surface area contributed by atoms with E-state index in [-0.39, 0.29) is 42.1 Å². The maximum Gasteiger partial charge on any atom is 0.417 e. The Morgan fingerprint density at radius 2 is 1.37 bits per heavy atom. The lowest BCUT2D eigenvalue weighted by atomic mass is 9.77. The number of rotatable bonds is 11. The quantitative estimate of drug-likeness (QED) is 0.103. The summed E-state index contributed by atoms with van der Waals surface area (Å²) in [5.74, 6) is -6.98. The number of carbonyl (C=O) groups is 1. The van der Waals surface area contributed by atoms with E-state index in [9.17, 15) is 22.4 Å². The van der Waals surface area contributed by atoms with Crippen molar-refractivity contribution < 1.29 is 49.8 Å². The minimum absolute atomic E-state index is 0.0550. The summed E-state index contributed by atoms with van der Waals surface area (Å²) >= 11 is 0. The first-order valence-corrected chi connectivity index (χ1v) is 20.4.